The van der Waals surface area contributed by atoms with Crippen LogP contribution in [-0.4, -0.2) is 36.5 Å². The van der Waals surface area contributed by atoms with Gasteiger partial charge in [-0.1, -0.05) is 6.42 Å². The summed E-state index contributed by atoms with van der Waals surface area (Å²) in [5.74, 6) is 1.57. The normalized spacial score (nSPS) is 38.1. The highest BCUT2D eigenvalue weighted by molar-refractivity contribution is 5.85. The second-order valence-electron chi connectivity index (χ2n) is 4.94. The van der Waals surface area contributed by atoms with Gasteiger partial charge in [0.2, 0.25) is 5.91 Å². The molecule has 3 atom stereocenters. The molecule has 0 spiro atoms. The maximum absolute atomic E-state index is 12.1. The number of carbonyl (C=O) groups excluding carboxylic acids is 1. The van der Waals surface area contributed by atoms with Crippen LogP contribution in [0.1, 0.15) is 25.7 Å². The third-order valence-corrected chi connectivity index (χ3v) is 4.14. The van der Waals surface area contributed by atoms with E-state index in [-0.39, 0.29) is 18.3 Å². The molecule has 2 saturated heterocycles. The Hall–Kier alpha value is -0.280. The van der Waals surface area contributed by atoms with Crippen molar-refractivity contribution in [2.24, 2.45) is 11.8 Å². The molecule has 0 aromatic heterocycles. The fraction of sp³-hybridized carbons (Fsp3) is 0.909. The van der Waals surface area contributed by atoms with E-state index < -0.39 is 0 Å². The van der Waals surface area contributed by atoms with Crippen LogP contribution < -0.4 is 5.32 Å². The van der Waals surface area contributed by atoms with Gasteiger partial charge in [0.15, 0.2) is 0 Å². The minimum Gasteiger partial charge on any atom is -0.339 e. The first-order chi connectivity index (χ1) is 6.86. The first-order valence-corrected chi connectivity index (χ1v) is 5.87. The summed E-state index contributed by atoms with van der Waals surface area (Å²) in [6.07, 6.45) is 5.00. The smallest absolute Gasteiger partial charge is 0.227 e. The van der Waals surface area contributed by atoms with Crippen LogP contribution in [0.25, 0.3) is 0 Å². The third-order valence-electron chi connectivity index (χ3n) is 4.14. The van der Waals surface area contributed by atoms with Gasteiger partial charge >= 0.3 is 0 Å². The van der Waals surface area contributed by atoms with Gasteiger partial charge in [0.1, 0.15) is 0 Å². The molecule has 0 radical (unpaired) electrons. The van der Waals surface area contributed by atoms with E-state index >= 15 is 0 Å². The van der Waals surface area contributed by atoms with Crippen LogP contribution in [0.2, 0.25) is 0 Å². The van der Waals surface area contributed by atoms with Gasteiger partial charge in [0, 0.05) is 19.1 Å². The Morgan fingerprint density at radius 1 is 1.27 bits per heavy atom. The average Bonchev–Trinajstić information content (AvgIpc) is 2.75. The Balaban J connectivity index is 0.000000853. The summed E-state index contributed by atoms with van der Waals surface area (Å²) in [6.45, 7) is 2.99. The van der Waals surface area contributed by atoms with Crippen LogP contribution in [0.15, 0.2) is 0 Å². The molecule has 0 aromatic rings. The molecule has 4 heteroatoms. The molecule has 3 aliphatic rings. The van der Waals surface area contributed by atoms with Crippen molar-refractivity contribution in [1.82, 2.24) is 10.2 Å². The van der Waals surface area contributed by atoms with Crippen molar-refractivity contribution in [3.8, 4) is 0 Å². The number of hydrogen-bond acceptors (Lipinski definition) is 2. The molecule has 3 rings (SSSR count). The van der Waals surface area contributed by atoms with Crippen LogP contribution in [0.5, 0.6) is 0 Å². The molecule has 1 amide bonds. The van der Waals surface area contributed by atoms with Crippen LogP contribution >= 0.6 is 12.4 Å². The average molecular weight is 231 g/mol. The molecule has 3 nitrogen and oxygen atoms in total. The van der Waals surface area contributed by atoms with E-state index in [1.165, 1.54) is 19.3 Å². The highest BCUT2D eigenvalue weighted by Crippen LogP contribution is 2.39. The fourth-order valence-corrected chi connectivity index (χ4v) is 3.24. The second kappa shape index (κ2) is 4.30. The molecule has 3 fully saturated rings. The number of likely N-dealkylation sites (tertiary alicyclic amines) is 1. The third kappa shape index (κ3) is 1.76. The van der Waals surface area contributed by atoms with Gasteiger partial charge in [-0.2, -0.15) is 0 Å². The zero-order valence-corrected chi connectivity index (χ0v) is 9.76. The number of nitrogens with one attached hydrogen (secondary N) is 1. The molecule has 2 aliphatic heterocycles. The van der Waals surface area contributed by atoms with Crippen LogP contribution in [0.3, 0.4) is 0 Å². The Kier molecular flexibility index (Phi) is 3.21. The van der Waals surface area contributed by atoms with E-state index in [9.17, 15) is 4.79 Å². The standard InChI is InChI=1S/C11H18N2O.ClH/c14-11(8-4-5-12-6-8)13-7-9-2-1-3-10(9)13;/h8-10,12H,1-7H2;1H. The van der Waals surface area contributed by atoms with Gasteiger partial charge in [-0.3, -0.25) is 4.79 Å². The molecular formula is C11H19ClN2O. The molecule has 86 valence electrons. The summed E-state index contributed by atoms with van der Waals surface area (Å²) in [7, 11) is 0. The van der Waals surface area contributed by atoms with Crippen molar-refractivity contribution in [3.63, 3.8) is 0 Å². The molecule has 2 heterocycles. The SMILES string of the molecule is Cl.O=C(C1CCNC1)N1CC2CCCC21. The number of fused-ring (bicyclic) bond motifs is 1. The van der Waals surface area contributed by atoms with Gasteiger partial charge < -0.3 is 10.2 Å². The zero-order chi connectivity index (χ0) is 9.54. The van der Waals surface area contributed by atoms with Crippen LogP contribution in [0, 0.1) is 11.8 Å². The second-order valence-corrected chi connectivity index (χ2v) is 4.94. The Labute approximate surface area is 97.0 Å². The van der Waals surface area contributed by atoms with E-state index in [0.717, 1.165) is 32.0 Å². The summed E-state index contributed by atoms with van der Waals surface area (Å²) in [5.41, 5.74) is 0. The summed E-state index contributed by atoms with van der Waals surface area (Å²) >= 11 is 0. The number of rotatable bonds is 1. The highest BCUT2D eigenvalue weighted by atomic mass is 35.5. The van der Waals surface area contributed by atoms with Gasteiger partial charge in [0.05, 0.1) is 5.92 Å². The predicted octanol–water partition coefficient (Wildman–Crippen LogP) is 1.03. The van der Waals surface area contributed by atoms with Crippen LogP contribution in [-0.2, 0) is 4.79 Å². The number of amides is 1. The van der Waals surface area contributed by atoms with Gasteiger partial charge in [-0.15, -0.1) is 12.4 Å². The first kappa shape index (κ1) is 11.2. The lowest BCUT2D eigenvalue weighted by Crippen LogP contribution is -2.57. The quantitative estimate of drug-likeness (QED) is 0.730. The van der Waals surface area contributed by atoms with Crippen molar-refractivity contribution in [3.05, 3.63) is 0 Å². The fourth-order valence-electron chi connectivity index (χ4n) is 3.24. The summed E-state index contributed by atoms with van der Waals surface area (Å²) in [5, 5.41) is 3.27. The maximum Gasteiger partial charge on any atom is 0.227 e. The highest BCUT2D eigenvalue weighted by Gasteiger charge is 2.46. The van der Waals surface area contributed by atoms with E-state index in [1.807, 2.05) is 0 Å². The lowest BCUT2D eigenvalue weighted by Gasteiger charge is -2.45. The Morgan fingerprint density at radius 3 is 2.80 bits per heavy atom. The van der Waals surface area contributed by atoms with Crippen molar-refractivity contribution >= 4 is 18.3 Å². The Morgan fingerprint density at radius 2 is 2.13 bits per heavy atom. The summed E-state index contributed by atoms with van der Waals surface area (Å²) in [6, 6.07) is 0.628. The van der Waals surface area contributed by atoms with Gasteiger partial charge in [-0.05, 0) is 31.7 Å². The van der Waals surface area contributed by atoms with Gasteiger partial charge in [-0.25, -0.2) is 0 Å². The monoisotopic (exact) mass is 230 g/mol. The first-order valence-electron chi connectivity index (χ1n) is 5.87. The molecule has 1 aliphatic carbocycles. The number of hydrogen-bond donors (Lipinski definition) is 1. The lowest BCUT2D eigenvalue weighted by molar-refractivity contribution is -0.146. The van der Waals surface area contributed by atoms with Gasteiger partial charge in [0.25, 0.3) is 0 Å². The zero-order valence-electron chi connectivity index (χ0n) is 8.95. The molecule has 1 saturated carbocycles. The van der Waals surface area contributed by atoms with E-state index in [4.69, 9.17) is 0 Å². The minimum atomic E-state index is 0. The van der Waals surface area contributed by atoms with E-state index in [0.29, 0.717) is 11.9 Å². The number of nitrogens with zero attached hydrogens (tertiary/aromatic N) is 1. The lowest BCUT2D eigenvalue weighted by atomic mass is 9.90. The molecule has 3 unspecified atom stereocenters. The summed E-state index contributed by atoms with van der Waals surface area (Å²) in [4.78, 5) is 14.2. The van der Waals surface area contributed by atoms with Crippen molar-refractivity contribution in [2.75, 3.05) is 19.6 Å². The largest absolute Gasteiger partial charge is 0.339 e. The van der Waals surface area contributed by atoms with Crippen molar-refractivity contribution < 1.29 is 4.79 Å². The topological polar surface area (TPSA) is 32.3 Å². The van der Waals surface area contributed by atoms with Crippen molar-refractivity contribution in [2.45, 2.75) is 31.7 Å². The Bertz CT molecular complexity index is 253. The molecule has 0 bridgehead atoms. The maximum atomic E-state index is 12.1. The molecule has 0 aromatic carbocycles. The van der Waals surface area contributed by atoms with E-state index in [1.54, 1.807) is 0 Å². The van der Waals surface area contributed by atoms with E-state index in [2.05, 4.69) is 10.2 Å². The number of halogens is 1. The predicted molar refractivity (Wildman–Crippen MR) is 61.1 cm³/mol. The molecule has 15 heavy (non-hydrogen) atoms. The van der Waals surface area contributed by atoms with Crippen molar-refractivity contribution in [1.29, 1.82) is 0 Å². The minimum absolute atomic E-state index is 0. The molecule has 1 N–H and O–H groups in total. The molecular weight excluding hydrogens is 212 g/mol. The van der Waals surface area contributed by atoms with Crippen LogP contribution in [0.4, 0.5) is 0 Å². The number of carbonyl (C=O) groups is 1. The summed E-state index contributed by atoms with van der Waals surface area (Å²) < 4.78 is 0.